The number of piperidine rings is 1. The van der Waals surface area contributed by atoms with Gasteiger partial charge in [-0.3, -0.25) is 15.0 Å². The van der Waals surface area contributed by atoms with E-state index in [1.165, 1.54) is 12.1 Å². The third-order valence-electron chi connectivity index (χ3n) is 7.22. The quantitative estimate of drug-likeness (QED) is 0.0940. The number of ether oxygens (including phenoxy) is 1. The van der Waals surface area contributed by atoms with Gasteiger partial charge in [0.25, 0.3) is 11.8 Å². The van der Waals surface area contributed by atoms with Crippen LogP contribution in [0.2, 0.25) is 0 Å². The number of carbonyl (C=O) groups is 3. The summed E-state index contributed by atoms with van der Waals surface area (Å²) >= 11 is 0. The van der Waals surface area contributed by atoms with Crippen molar-refractivity contribution in [3.8, 4) is 11.5 Å². The molecule has 2 aromatic carbocycles. The zero-order chi connectivity index (χ0) is 31.0. The zero-order valence-electron chi connectivity index (χ0n) is 23.9. The van der Waals surface area contributed by atoms with Crippen LogP contribution in [-0.4, -0.2) is 76.8 Å². The SMILES string of the molecule is CC(C)c1cc(C(N)N(C(=N)C(N)=O)c2ccc(C(=O)N3CCC(COC(=O)NCCCO)CC3)cc2)c(O)cc1O. The predicted molar refractivity (Wildman–Crippen MR) is 156 cm³/mol. The van der Waals surface area contributed by atoms with Crippen molar-refractivity contribution >= 4 is 29.4 Å². The van der Waals surface area contributed by atoms with Crippen LogP contribution < -0.4 is 21.7 Å². The minimum absolute atomic E-state index is 0.0120. The summed E-state index contributed by atoms with van der Waals surface area (Å²) < 4.78 is 5.23. The number of nitrogens with one attached hydrogen (secondary N) is 2. The number of nitrogens with two attached hydrogens (primary N) is 2. The molecule has 2 aromatic rings. The average Bonchev–Trinajstić information content (AvgIpc) is 2.96. The Kier molecular flexibility index (Phi) is 11.1. The molecule has 13 heteroatoms. The summed E-state index contributed by atoms with van der Waals surface area (Å²) in [6, 6.07) is 8.91. The van der Waals surface area contributed by atoms with Crippen molar-refractivity contribution in [1.82, 2.24) is 10.2 Å². The second-order valence-electron chi connectivity index (χ2n) is 10.5. The molecule has 1 aliphatic heterocycles. The first-order chi connectivity index (χ1) is 19.9. The number of hydrogen-bond acceptors (Lipinski definition) is 9. The van der Waals surface area contributed by atoms with Crippen molar-refractivity contribution in [2.75, 3.05) is 37.7 Å². The van der Waals surface area contributed by atoms with Gasteiger partial charge in [0.05, 0.1) is 6.61 Å². The molecular weight excluding hydrogens is 544 g/mol. The molecule has 0 radical (unpaired) electrons. The van der Waals surface area contributed by atoms with Crippen LogP contribution in [0.25, 0.3) is 0 Å². The standard InChI is InChI=1S/C29H40N6O7/c1-17(2)21-14-22(24(38)15-23(21)37)25(30)35(26(31)27(32)39)20-6-4-19(5-7-20)28(40)34-11-8-18(9-12-34)16-42-29(41)33-10-3-13-36/h4-7,14-15,17-18,25,31,36-38H,3,8-13,16,30H2,1-2H3,(H2,32,39)(H,33,41). The molecule has 0 bridgehead atoms. The lowest BCUT2D eigenvalue weighted by Crippen LogP contribution is -2.45. The Morgan fingerprint density at radius 3 is 2.29 bits per heavy atom. The van der Waals surface area contributed by atoms with Crippen molar-refractivity contribution in [1.29, 1.82) is 5.41 Å². The molecule has 1 aliphatic rings. The van der Waals surface area contributed by atoms with Crippen LogP contribution in [0.5, 0.6) is 11.5 Å². The number of primary amides is 1. The monoisotopic (exact) mass is 584 g/mol. The fourth-order valence-corrected chi connectivity index (χ4v) is 4.76. The molecule has 3 rings (SSSR count). The van der Waals surface area contributed by atoms with E-state index in [0.717, 1.165) is 4.90 Å². The Hall–Kier alpha value is -4.36. The number of benzene rings is 2. The summed E-state index contributed by atoms with van der Waals surface area (Å²) in [6.45, 7) is 5.27. The molecule has 1 unspecified atom stereocenters. The minimum atomic E-state index is -1.21. The van der Waals surface area contributed by atoms with Crippen molar-refractivity contribution in [3.63, 3.8) is 0 Å². The third-order valence-corrected chi connectivity index (χ3v) is 7.22. The number of hydrogen-bond donors (Lipinski definition) is 7. The van der Waals surface area contributed by atoms with E-state index in [-0.39, 0.29) is 48.0 Å². The number of phenolic OH excluding ortho intramolecular Hbond substituents is 2. The van der Waals surface area contributed by atoms with Crippen LogP contribution in [0.15, 0.2) is 36.4 Å². The largest absolute Gasteiger partial charge is 0.508 e. The van der Waals surface area contributed by atoms with Crippen molar-refractivity contribution in [2.45, 2.75) is 45.2 Å². The molecule has 0 aromatic heterocycles. The van der Waals surface area contributed by atoms with E-state index >= 15 is 0 Å². The maximum atomic E-state index is 13.2. The zero-order valence-corrected chi connectivity index (χ0v) is 23.9. The summed E-state index contributed by atoms with van der Waals surface area (Å²) in [5, 5.41) is 40.4. The van der Waals surface area contributed by atoms with Gasteiger partial charge in [-0.1, -0.05) is 13.8 Å². The maximum Gasteiger partial charge on any atom is 0.407 e. The highest BCUT2D eigenvalue weighted by molar-refractivity contribution is 6.41. The van der Waals surface area contributed by atoms with Gasteiger partial charge in [0.1, 0.15) is 17.7 Å². The number of likely N-dealkylation sites (tertiary alicyclic amines) is 1. The number of rotatable bonds is 10. The van der Waals surface area contributed by atoms with Crippen molar-refractivity contribution < 1.29 is 34.4 Å². The fraction of sp³-hybridized carbons (Fsp3) is 0.448. The Bertz CT molecular complexity index is 1280. The van der Waals surface area contributed by atoms with Crippen LogP contribution in [0.1, 0.15) is 66.7 Å². The maximum absolute atomic E-state index is 13.2. The lowest BCUT2D eigenvalue weighted by atomic mass is 9.97. The van der Waals surface area contributed by atoms with E-state index in [1.807, 2.05) is 13.8 Å². The fourth-order valence-electron chi connectivity index (χ4n) is 4.76. The first-order valence-electron chi connectivity index (χ1n) is 13.8. The lowest BCUT2D eigenvalue weighted by Gasteiger charge is -2.32. The van der Waals surface area contributed by atoms with Gasteiger partial charge >= 0.3 is 6.09 Å². The highest BCUT2D eigenvalue weighted by Gasteiger charge is 2.29. The number of aliphatic hydroxyl groups is 1. The van der Waals surface area contributed by atoms with Gasteiger partial charge in [-0.05, 0) is 67.0 Å². The molecule has 0 aliphatic carbocycles. The highest BCUT2D eigenvalue weighted by Crippen LogP contribution is 2.37. The number of phenols is 2. The summed E-state index contributed by atoms with van der Waals surface area (Å²) in [4.78, 5) is 39.8. The first-order valence-corrected chi connectivity index (χ1v) is 13.8. The Labute approximate surface area is 244 Å². The van der Waals surface area contributed by atoms with Crippen molar-refractivity contribution in [3.05, 3.63) is 53.1 Å². The van der Waals surface area contributed by atoms with Crippen LogP contribution in [-0.2, 0) is 9.53 Å². The van der Waals surface area contributed by atoms with E-state index in [0.29, 0.717) is 55.7 Å². The highest BCUT2D eigenvalue weighted by atomic mass is 16.5. The summed E-state index contributed by atoms with van der Waals surface area (Å²) in [7, 11) is 0. The molecule has 9 N–H and O–H groups in total. The molecule has 1 fully saturated rings. The predicted octanol–water partition coefficient (Wildman–Crippen LogP) is 2.11. The van der Waals surface area contributed by atoms with E-state index < -0.39 is 24.0 Å². The Morgan fingerprint density at radius 1 is 1.10 bits per heavy atom. The van der Waals surface area contributed by atoms with E-state index in [2.05, 4.69) is 5.32 Å². The van der Waals surface area contributed by atoms with Crippen LogP contribution in [0.4, 0.5) is 10.5 Å². The summed E-state index contributed by atoms with van der Waals surface area (Å²) in [6.07, 6.45) is 0.0567. The molecule has 1 atom stereocenters. The second-order valence-corrected chi connectivity index (χ2v) is 10.5. The molecule has 1 heterocycles. The topological polar surface area (TPSA) is 216 Å². The number of aliphatic hydroxyl groups excluding tert-OH is 1. The molecule has 1 saturated heterocycles. The Morgan fingerprint density at radius 2 is 1.71 bits per heavy atom. The van der Waals surface area contributed by atoms with Crippen LogP contribution in [0, 0.1) is 11.3 Å². The number of carbonyl (C=O) groups excluding carboxylic acids is 3. The van der Waals surface area contributed by atoms with Gasteiger partial charge in [0.2, 0.25) is 0 Å². The van der Waals surface area contributed by atoms with Gasteiger partial charge in [-0.15, -0.1) is 0 Å². The lowest BCUT2D eigenvalue weighted by molar-refractivity contribution is -0.112. The van der Waals surface area contributed by atoms with E-state index in [9.17, 15) is 24.6 Å². The van der Waals surface area contributed by atoms with Crippen LogP contribution in [0.3, 0.4) is 0 Å². The number of nitrogens with zero attached hydrogens (tertiary/aromatic N) is 2. The minimum Gasteiger partial charge on any atom is -0.508 e. The Balaban J connectivity index is 1.70. The van der Waals surface area contributed by atoms with Gasteiger partial charge in [-0.2, -0.15) is 0 Å². The first kappa shape index (κ1) is 32.2. The van der Waals surface area contributed by atoms with Gasteiger partial charge in [0, 0.05) is 49.1 Å². The number of amidine groups is 1. The van der Waals surface area contributed by atoms with Gasteiger partial charge in [-0.25, -0.2) is 4.79 Å². The molecular formula is C29H40N6O7. The van der Waals surface area contributed by atoms with Crippen molar-refractivity contribution in [2.24, 2.45) is 17.4 Å². The van der Waals surface area contributed by atoms with E-state index in [4.69, 9.17) is 26.7 Å². The number of alkyl carbamates (subject to hydrolysis) is 1. The summed E-state index contributed by atoms with van der Waals surface area (Å²) in [5.41, 5.74) is 13.3. The molecule has 3 amide bonds. The third kappa shape index (κ3) is 7.89. The number of aromatic hydroxyl groups is 2. The second kappa shape index (κ2) is 14.5. The molecule has 0 spiro atoms. The van der Waals surface area contributed by atoms with E-state index in [1.54, 1.807) is 29.2 Å². The molecule has 13 nitrogen and oxygen atoms in total. The van der Waals surface area contributed by atoms with Crippen LogP contribution >= 0.6 is 0 Å². The van der Waals surface area contributed by atoms with Gasteiger partial charge in [0.15, 0.2) is 5.84 Å². The number of amides is 3. The average molecular weight is 585 g/mol. The smallest absolute Gasteiger partial charge is 0.407 e. The molecule has 0 saturated carbocycles. The molecule has 42 heavy (non-hydrogen) atoms. The number of anilines is 1. The molecule has 228 valence electrons. The van der Waals surface area contributed by atoms with Gasteiger partial charge < -0.3 is 46.6 Å². The summed E-state index contributed by atoms with van der Waals surface area (Å²) in [5.74, 6) is -2.23. The normalized spacial score (nSPS) is 14.4.